The van der Waals surface area contributed by atoms with Crippen molar-refractivity contribution in [1.29, 1.82) is 0 Å². The molecular weight excluding hydrogens is 1400 g/mol. The Morgan fingerprint density at radius 3 is 1.15 bits per heavy atom. The number of fused-ring (bicyclic) bond motifs is 9. The van der Waals surface area contributed by atoms with Crippen LogP contribution in [0.2, 0.25) is 0 Å². The first-order chi connectivity index (χ1) is 52.4. The van der Waals surface area contributed by atoms with E-state index in [0.29, 0.717) is 5.82 Å². The number of nitrogens with two attached hydrogens (primary N) is 1. The summed E-state index contributed by atoms with van der Waals surface area (Å²) in [5.74, 6) is 2.16. The van der Waals surface area contributed by atoms with Crippen LogP contribution >= 0.6 is 15.9 Å². The lowest BCUT2D eigenvalue weighted by molar-refractivity contribution is 0.283. The van der Waals surface area contributed by atoms with Crippen molar-refractivity contribution in [2.24, 2.45) is 5.73 Å². The van der Waals surface area contributed by atoms with Crippen molar-refractivity contribution in [3.8, 4) is 67.9 Å². The van der Waals surface area contributed by atoms with Crippen LogP contribution < -0.4 is 16.4 Å². The van der Waals surface area contributed by atoms with E-state index in [9.17, 15) is 5.11 Å². The van der Waals surface area contributed by atoms with Crippen LogP contribution in [0.15, 0.2) is 219 Å². The molecule has 0 aliphatic carbocycles. The number of nitrogens with one attached hydrogen (secondary N) is 6. The summed E-state index contributed by atoms with van der Waals surface area (Å²) in [6.07, 6.45) is 11.4. The van der Waals surface area contributed by atoms with Gasteiger partial charge >= 0.3 is 0 Å². The molecule has 19 nitrogen and oxygen atoms in total. The van der Waals surface area contributed by atoms with E-state index < -0.39 is 15.9 Å². The van der Waals surface area contributed by atoms with Gasteiger partial charge in [-0.15, -0.1) is 0 Å². The van der Waals surface area contributed by atoms with E-state index in [1.54, 1.807) is 0 Å². The molecule has 548 valence electrons. The summed E-state index contributed by atoms with van der Waals surface area (Å²) in [4.78, 5) is 38.6. The molecule has 9 aromatic carbocycles. The Labute approximate surface area is 644 Å². The maximum Gasteiger partial charge on any atom is 0.159 e. The second kappa shape index (κ2) is 31.1. The zero-order valence-electron chi connectivity index (χ0n) is 62.9. The highest BCUT2D eigenvalue weighted by Crippen LogP contribution is 2.42. The average Bonchev–Trinajstić information content (AvgIpc) is 1.59. The zero-order chi connectivity index (χ0) is 76.0. The highest BCUT2D eigenvalue weighted by molar-refractivity contribution is 7.80. The average molecular weight is 1490 g/mol. The van der Waals surface area contributed by atoms with Crippen LogP contribution in [0.1, 0.15) is 86.4 Å². The summed E-state index contributed by atoms with van der Waals surface area (Å²) in [7, 11) is 10.8. The van der Waals surface area contributed by atoms with Crippen LogP contribution in [0, 0.1) is 0 Å². The lowest BCUT2D eigenvalue weighted by Gasteiger charge is -2.20. The number of pyridine rings is 3. The van der Waals surface area contributed by atoms with Crippen LogP contribution in [-0.2, 0) is 19.7 Å². The number of aromatic nitrogens is 15. The molecule has 9 N–H and O–H groups in total. The fourth-order valence-corrected chi connectivity index (χ4v) is 15.0. The van der Waals surface area contributed by atoms with Gasteiger partial charge < -0.3 is 36.4 Å². The Hall–Kier alpha value is -11.1. The molecule has 18 aromatic rings. The summed E-state index contributed by atoms with van der Waals surface area (Å²) in [5, 5.41) is 44.3. The number of benzene rings is 9. The van der Waals surface area contributed by atoms with Crippen LogP contribution in [0.5, 0.6) is 0 Å². The predicted octanol–water partition coefficient (Wildman–Crippen LogP) is 19.5. The molecule has 23 heteroatoms. The van der Waals surface area contributed by atoms with Crippen molar-refractivity contribution in [3.05, 3.63) is 236 Å². The minimum Gasteiger partial charge on any atom is -0.392 e. The molecule has 9 aromatic heterocycles. The first kappa shape index (κ1) is 75.7. The number of imidazole rings is 3. The van der Waals surface area contributed by atoms with Crippen LogP contribution in [-0.4, -0.2) is 124 Å². The number of nitrogens with zero attached hydrogens (tertiary/aromatic N) is 11. The van der Waals surface area contributed by atoms with Gasteiger partial charge in [0.15, 0.2) is 17.5 Å². The molecule has 0 saturated carbocycles. The molecule has 0 fully saturated rings. The molecule has 0 aliphatic heterocycles. The quantitative estimate of drug-likeness (QED) is 0.0395. The molecular formula is C87H88B2N18OP2. The Bertz CT molecular complexity index is 6370. The zero-order valence-corrected chi connectivity index (χ0v) is 64.7. The molecule has 0 saturated heterocycles. The van der Waals surface area contributed by atoms with Gasteiger partial charge in [0, 0.05) is 121 Å². The Balaban J connectivity index is 0.000000133. The van der Waals surface area contributed by atoms with Gasteiger partial charge in [-0.1, -0.05) is 135 Å². The number of para-hydroxylation sites is 3. The highest BCUT2D eigenvalue weighted by atomic mass is 31.1. The van der Waals surface area contributed by atoms with Crippen LogP contribution in [0.3, 0.4) is 0 Å². The summed E-state index contributed by atoms with van der Waals surface area (Å²) in [5.41, 5.74) is 25.8. The number of hydrogen-bond donors (Lipinski definition) is 8. The van der Waals surface area contributed by atoms with Crippen molar-refractivity contribution in [3.63, 3.8) is 0 Å². The van der Waals surface area contributed by atoms with Gasteiger partial charge in [-0.3, -0.25) is 29.0 Å². The van der Waals surface area contributed by atoms with Crippen molar-refractivity contribution in [2.45, 2.75) is 106 Å². The Morgan fingerprint density at radius 2 is 0.773 bits per heavy atom. The number of hydrogen-bond acceptors (Lipinski definition) is 13. The first-order valence-corrected chi connectivity index (χ1v) is 39.8. The van der Waals surface area contributed by atoms with Gasteiger partial charge in [-0.05, 0) is 190 Å². The second-order valence-electron chi connectivity index (χ2n) is 30.6. The predicted molar refractivity (Wildman–Crippen MR) is 461 cm³/mol. The van der Waals surface area contributed by atoms with Gasteiger partial charge in [0.1, 0.15) is 32.2 Å². The fraction of sp³-hybridized carbons (Fsp3) is 0.207. The molecule has 4 radical (unpaired) electrons. The molecule has 2 atom stereocenters. The van der Waals surface area contributed by atoms with Crippen molar-refractivity contribution in [2.75, 3.05) is 13.3 Å². The Kier molecular flexibility index (Phi) is 21.4. The van der Waals surface area contributed by atoms with E-state index >= 15 is 0 Å². The maximum absolute atomic E-state index is 9.72. The third-order valence-corrected chi connectivity index (χ3v) is 20.5. The largest absolute Gasteiger partial charge is 0.392 e. The van der Waals surface area contributed by atoms with E-state index in [1.807, 2.05) is 123 Å². The van der Waals surface area contributed by atoms with Crippen molar-refractivity contribution < 1.29 is 5.11 Å². The number of H-pyrrole nitrogens is 4. The summed E-state index contributed by atoms with van der Waals surface area (Å²) in [6, 6.07) is 62.2. The first-order valence-electron chi connectivity index (χ1n) is 36.2. The molecule has 0 amide bonds. The topological polar surface area (TPSA) is 259 Å². The molecule has 18 rings (SSSR count). The minimum absolute atomic E-state index is 0. The van der Waals surface area contributed by atoms with Gasteiger partial charge in [-0.25, -0.2) is 15.0 Å². The third kappa shape index (κ3) is 16.0. The molecule has 0 bridgehead atoms. The summed E-state index contributed by atoms with van der Waals surface area (Å²) in [6.45, 7) is 24.3. The monoisotopic (exact) mass is 1480 g/mol. The number of aliphatic hydroxyl groups is 1. The summed E-state index contributed by atoms with van der Waals surface area (Å²) < 4.78 is 3.81. The smallest absolute Gasteiger partial charge is 0.159 e. The number of rotatable bonds is 13. The molecule has 110 heavy (non-hydrogen) atoms. The number of aromatic amines is 4. The van der Waals surface area contributed by atoms with Gasteiger partial charge in [0.05, 0.1) is 56.3 Å². The molecule has 9 heterocycles. The van der Waals surface area contributed by atoms with E-state index in [4.69, 9.17) is 46.0 Å². The SMILES string of the molecule is C.CC(C)(C)N.CC(C)(C)NCc1cccc2[nH]c(-c3n[nH]c4ccc(-c5cncc6ccccc56)cc34)nc12.[B]P(C)n1nc(-c2nc3c(CNC(C)(C)C)cccc3[nH]2)c2cc(-c3cncc4ccccc34)ccc21.[B]P(C)n1nc(-c2nc3c(CO)cccc3[nH]2)c2cc(-c3cncc4ccccc34)ccc21. The molecule has 2 unspecified atom stereocenters. The van der Waals surface area contributed by atoms with Crippen LogP contribution in [0.4, 0.5) is 0 Å². The van der Waals surface area contributed by atoms with Crippen molar-refractivity contribution in [1.82, 2.24) is 84.8 Å². The molecule has 0 aliphatic rings. The summed E-state index contributed by atoms with van der Waals surface area (Å²) >= 11 is 0. The third-order valence-electron chi connectivity index (χ3n) is 18.7. The van der Waals surface area contributed by atoms with E-state index in [0.717, 1.165) is 179 Å². The lowest BCUT2D eigenvalue weighted by Crippen LogP contribution is -2.35. The second-order valence-corrected chi connectivity index (χ2v) is 33.6. The van der Waals surface area contributed by atoms with Crippen molar-refractivity contribution >= 4 is 129 Å². The molecule has 0 spiro atoms. The van der Waals surface area contributed by atoms with E-state index in [1.165, 1.54) is 10.8 Å². The normalized spacial score (nSPS) is 12.5. The van der Waals surface area contributed by atoms with Gasteiger partial charge in [0.2, 0.25) is 0 Å². The Morgan fingerprint density at radius 1 is 0.418 bits per heavy atom. The maximum atomic E-state index is 9.72. The van der Waals surface area contributed by atoms with Gasteiger partial charge in [-0.2, -0.15) is 15.3 Å². The van der Waals surface area contributed by atoms with E-state index in [2.05, 4.69) is 232 Å². The van der Waals surface area contributed by atoms with E-state index in [-0.39, 0.29) is 30.7 Å². The standard InChI is InChI=1S/C29H28BN6P.C28H26N6.C25H19BN5OP.C4H11N.CH4/c1-29(2,3)32-16-20-9-7-11-24-26(20)34-28(33-24)27-22-14-18(12-13-25(22)36(35-27)37(4)30)23-17-31-15-19-8-5-6-10-21(19)23;1-28(2,3)30-15-19-8-6-10-24-25(19)32-27(31-24)26-21-13-17(11-12-23(21)33-34-26)22-16-29-14-18-7-4-5-9-20(18)22;1-33(26)31-22-10-9-15(20-13-27-12-16-5-2-3-7-18(16)20)11-19(22)24(30-31)25-28-21-8-4-6-17(14-32)23(21)29-25;1-4(2,3)5;/h5-15,17,32H,16H2,1-4H3,(H,33,34);4-14,16,30H,15H2,1-3H3,(H,31,32)(H,33,34);2-13,32H,14H2,1H3,(H,28,29);5H2,1-3H3;1H4. The lowest BCUT2D eigenvalue weighted by atomic mass is 9.99. The van der Waals surface area contributed by atoms with Gasteiger partial charge in [0.25, 0.3) is 0 Å². The highest BCUT2D eigenvalue weighted by Gasteiger charge is 2.24. The fourth-order valence-electron chi connectivity index (χ4n) is 13.5. The number of aliphatic hydroxyl groups excluding tert-OH is 1. The van der Waals surface area contributed by atoms with Crippen LogP contribution in [0.25, 0.3) is 166 Å². The minimum atomic E-state index is -0.979.